The van der Waals surface area contributed by atoms with Crippen LogP contribution in [0.15, 0.2) is 231 Å². The van der Waals surface area contributed by atoms with Crippen molar-refractivity contribution in [2.45, 2.75) is 56.3 Å². The van der Waals surface area contributed by atoms with Gasteiger partial charge in [0.2, 0.25) is 0 Å². The number of hydrogen-bond acceptors (Lipinski definition) is 2. The zero-order valence-corrected chi connectivity index (χ0v) is 40.5. The van der Waals surface area contributed by atoms with Crippen LogP contribution in [0.25, 0.3) is 42.1 Å². The van der Waals surface area contributed by atoms with Gasteiger partial charge in [-0.05, 0) is 139 Å². The van der Waals surface area contributed by atoms with E-state index in [0.717, 1.165) is 30.4 Å². The molecular weight excluding hydrogens is 863 g/mol. The van der Waals surface area contributed by atoms with E-state index in [-0.39, 0.29) is 17.8 Å². The van der Waals surface area contributed by atoms with Crippen LogP contribution in [0.5, 0.6) is 0 Å². The summed E-state index contributed by atoms with van der Waals surface area (Å²) in [6.07, 6.45) is 2.76. The smallest absolute Gasteiger partial charge is 0.0994 e. The first-order valence-corrected chi connectivity index (χ1v) is 25.6. The van der Waals surface area contributed by atoms with E-state index < -0.39 is 5.41 Å². The van der Waals surface area contributed by atoms with E-state index in [2.05, 4.69) is 244 Å². The van der Waals surface area contributed by atoms with Crippen molar-refractivity contribution < 1.29 is 0 Å². The molecule has 1 aliphatic rings. The molecule has 0 fully saturated rings. The third kappa shape index (κ3) is 7.36. The van der Waals surface area contributed by atoms with Crippen molar-refractivity contribution in [1.29, 1.82) is 5.26 Å². The fraction of sp³-hybridized carbons (Fsp3) is 0.132. The van der Waals surface area contributed by atoms with Crippen molar-refractivity contribution >= 4 is 42.3 Å². The zero-order valence-electron chi connectivity index (χ0n) is 39.6. The first-order valence-electron chi connectivity index (χ1n) is 24.8. The molecule has 0 N–H and O–H groups in total. The summed E-state index contributed by atoms with van der Waals surface area (Å²) in [6.45, 7) is 4.52. The summed E-state index contributed by atoms with van der Waals surface area (Å²) in [5.74, 6) is 0.551. The van der Waals surface area contributed by atoms with Crippen LogP contribution in [0.2, 0.25) is 0 Å². The van der Waals surface area contributed by atoms with Crippen LogP contribution >= 0.6 is 11.3 Å². The lowest BCUT2D eigenvalue weighted by Gasteiger charge is -2.35. The van der Waals surface area contributed by atoms with E-state index in [1.165, 1.54) is 97.7 Å². The van der Waals surface area contributed by atoms with Gasteiger partial charge in [-0.25, -0.2) is 0 Å². The van der Waals surface area contributed by atoms with Gasteiger partial charge < -0.3 is 0 Å². The predicted octanol–water partition coefficient (Wildman–Crippen LogP) is 17.6. The average molecular weight is 916 g/mol. The summed E-state index contributed by atoms with van der Waals surface area (Å²) >= 11 is 1.89. The van der Waals surface area contributed by atoms with Crippen LogP contribution in [0.4, 0.5) is 0 Å². The lowest BCUT2D eigenvalue weighted by molar-refractivity contribution is 0.575. The fourth-order valence-corrected chi connectivity index (χ4v) is 13.4. The van der Waals surface area contributed by atoms with E-state index >= 15 is 0 Å². The van der Waals surface area contributed by atoms with Crippen LogP contribution in [0, 0.1) is 18.3 Å². The standard InChI is InChI=1S/C68H53NS/c1-45-40-47(34-35-52(45)44-69)41-61(58-31-19-33-65-67(58)60-30-17-18-32-64(60)70-65)46(2)50-36-39-59-62(42-50)68(53-24-11-5-12-25-53,54-26-13-6-14-27-54)63-43-51(56-28-15-16-29-57(56)66(59)63)37-38-55(48-20-7-3-8-21-48)49-22-9-4-10-23-49/h3-36,39-40,42-43,46,55,61H,37-38,41H2,1-2H3. The molecule has 70 heavy (non-hydrogen) atoms. The molecule has 1 aromatic heterocycles. The highest BCUT2D eigenvalue weighted by Gasteiger charge is 2.47. The van der Waals surface area contributed by atoms with E-state index in [0.29, 0.717) is 0 Å². The van der Waals surface area contributed by atoms with Crippen molar-refractivity contribution in [2.75, 3.05) is 0 Å². The number of fused-ring (bicyclic) bond motifs is 8. The van der Waals surface area contributed by atoms with Gasteiger partial charge in [-0.3, -0.25) is 0 Å². The first kappa shape index (κ1) is 43.5. The van der Waals surface area contributed by atoms with E-state index in [9.17, 15) is 5.26 Å². The summed E-state index contributed by atoms with van der Waals surface area (Å²) < 4.78 is 2.64. The summed E-state index contributed by atoms with van der Waals surface area (Å²) in [7, 11) is 0. The maximum Gasteiger partial charge on any atom is 0.0994 e. The fourth-order valence-electron chi connectivity index (χ4n) is 12.3. The molecule has 2 unspecified atom stereocenters. The zero-order chi connectivity index (χ0) is 47.2. The molecule has 0 spiro atoms. The van der Waals surface area contributed by atoms with E-state index in [1.54, 1.807) is 0 Å². The summed E-state index contributed by atoms with van der Waals surface area (Å²) in [5.41, 5.74) is 17.1. The van der Waals surface area contributed by atoms with Gasteiger partial charge in [0.25, 0.3) is 0 Å². The average Bonchev–Trinajstić information content (AvgIpc) is 3.95. The molecule has 2 heteroatoms. The van der Waals surface area contributed by atoms with Crippen molar-refractivity contribution in [1.82, 2.24) is 0 Å². The molecule has 0 bridgehead atoms. The number of thiophene rings is 1. The third-order valence-corrected chi connectivity index (χ3v) is 16.7. The maximum absolute atomic E-state index is 9.91. The van der Waals surface area contributed by atoms with Gasteiger partial charge >= 0.3 is 0 Å². The Morgan fingerprint density at radius 3 is 1.79 bits per heavy atom. The van der Waals surface area contributed by atoms with Crippen LogP contribution in [0.1, 0.15) is 97.9 Å². The number of hydrogen-bond donors (Lipinski definition) is 0. The first-order chi connectivity index (χ1) is 34.5. The van der Waals surface area contributed by atoms with Crippen molar-refractivity contribution in [3.63, 3.8) is 0 Å². The van der Waals surface area contributed by atoms with Crippen molar-refractivity contribution in [3.05, 3.63) is 297 Å². The molecule has 1 nitrogen and oxygen atoms in total. The lowest BCUT2D eigenvalue weighted by Crippen LogP contribution is -2.29. The normalized spacial score (nSPS) is 13.6. The molecule has 1 aliphatic carbocycles. The number of nitriles is 1. The van der Waals surface area contributed by atoms with E-state index in [4.69, 9.17) is 0 Å². The molecule has 10 aromatic carbocycles. The summed E-state index contributed by atoms with van der Waals surface area (Å²) in [4.78, 5) is 0. The Morgan fingerprint density at radius 2 is 1.13 bits per heavy atom. The quantitative estimate of drug-likeness (QED) is 0.120. The van der Waals surface area contributed by atoms with Crippen molar-refractivity contribution in [3.8, 4) is 17.2 Å². The number of nitrogens with zero attached hydrogens (tertiary/aromatic N) is 1. The Kier molecular flexibility index (Phi) is 11.3. The largest absolute Gasteiger partial charge is 0.192 e. The maximum atomic E-state index is 9.91. The summed E-state index contributed by atoms with van der Waals surface area (Å²) in [6, 6.07) is 88.7. The molecule has 0 radical (unpaired) electrons. The minimum absolute atomic E-state index is 0.138. The second-order valence-corrected chi connectivity index (χ2v) is 20.5. The second-order valence-electron chi connectivity index (χ2n) is 19.4. The molecule has 0 aliphatic heterocycles. The van der Waals surface area contributed by atoms with Gasteiger partial charge in [0, 0.05) is 26.1 Å². The Labute approximate surface area is 416 Å². The highest BCUT2D eigenvalue weighted by atomic mass is 32.1. The van der Waals surface area contributed by atoms with Gasteiger partial charge in [-0.1, -0.05) is 219 Å². The molecule has 0 saturated heterocycles. The van der Waals surface area contributed by atoms with Crippen LogP contribution in [-0.2, 0) is 18.3 Å². The van der Waals surface area contributed by atoms with Crippen LogP contribution < -0.4 is 0 Å². The SMILES string of the molecule is Cc1cc(CC(c2cccc3sc4ccccc4c23)C(C)c2ccc3c(c2)C(c2ccccc2)(c2ccccc2)c2cc(CCC(c4ccccc4)c4ccccc4)c4ccccc4c2-3)ccc1C#N. The molecule has 0 saturated carbocycles. The van der Waals surface area contributed by atoms with Crippen molar-refractivity contribution in [2.24, 2.45) is 0 Å². The molecule has 0 amide bonds. The molecule has 11 aromatic rings. The van der Waals surface area contributed by atoms with Gasteiger partial charge in [-0.2, -0.15) is 5.26 Å². The second kappa shape index (κ2) is 18.2. The van der Waals surface area contributed by atoms with Gasteiger partial charge in [-0.15, -0.1) is 11.3 Å². The van der Waals surface area contributed by atoms with Gasteiger partial charge in [0.05, 0.1) is 17.0 Å². The molecule has 336 valence electrons. The Hall–Kier alpha value is -7.83. The molecule has 1 heterocycles. The van der Waals surface area contributed by atoms with E-state index in [1.807, 2.05) is 17.4 Å². The lowest BCUT2D eigenvalue weighted by atomic mass is 9.66. The highest BCUT2D eigenvalue weighted by molar-refractivity contribution is 7.25. The Morgan fingerprint density at radius 1 is 0.529 bits per heavy atom. The van der Waals surface area contributed by atoms with Gasteiger partial charge in [0.1, 0.15) is 0 Å². The Bertz CT molecular complexity index is 3650. The monoisotopic (exact) mass is 915 g/mol. The van der Waals surface area contributed by atoms with Gasteiger partial charge in [0.15, 0.2) is 0 Å². The number of aryl methyl sites for hydroxylation is 2. The number of rotatable bonds is 12. The van der Waals surface area contributed by atoms with Crippen LogP contribution in [-0.4, -0.2) is 0 Å². The minimum atomic E-state index is -0.580. The molecule has 12 rings (SSSR count). The third-order valence-electron chi connectivity index (χ3n) is 15.6. The highest BCUT2D eigenvalue weighted by Crippen LogP contribution is 2.59. The van der Waals surface area contributed by atoms with Crippen LogP contribution in [0.3, 0.4) is 0 Å². The minimum Gasteiger partial charge on any atom is -0.192 e. The predicted molar refractivity (Wildman–Crippen MR) is 294 cm³/mol. The molecule has 2 atom stereocenters. The Balaban J connectivity index is 1.06. The number of benzene rings is 10. The summed E-state index contributed by atoms with van der Waals surface area (Å²) in [5, 5.41) is 15.2. The molecular formula is C68H53NS. The topological polar surface area (TPSA) is 23.8 Å².